The Kier molecular flexibility index (Phi) is 3.89. The number of likely N-dealkylation sites (tertiary alicyclic amines) is 1. The van der Waals surface area contributed by atoms with Gasteiger partial charge in [-0.1, -0.05) is 27.7 Å². The second-order valence-electron chi connectivity index (χ2n) is 4.90. The number of hydrogen-bond acceptors (Lipinski definition) is 2. The van der Waals surface area contributed by atoms with Crippen molar-refractivity contribution in [1.29, 1.82) is 0 Å². The van der Waals surface area contributed by atoms with Gasteiger partial charge in [0.1, 0.15) is 0 Å². The van der Waals surface area contributed by atoms with E-state index in [-0.39, 0.29) is 29.6 Å². The lowest BCUT2D eigenvalue weighted by Gasteiger charge is -2.26. The van der Waals surface area contributed by atoms with Gasteiger partial charge in [0.25, 0.3) is 0 Å². The Morgan fingerprint density at radius 3 is 2.20 bits per heavy atom. The molecule has 0 saturated carbocycles. The van der Waals surface area contributed by atoms with Crippen LogP contribution < -0.4 is 0 Å². The lowest BCUT2D eigenvalue weighted by molar-refractivity contribution is -0.141. The lowest BCUT2D eigenvalue weighted by atomic mass is 9.99. The highest BCUT2D eigenvalue weighted by molar-refractivity contribution is 5.91. The highest BCUT2D eigenvalue weighted by atomic mass is 16.2. The van der Waals surface area contributed by atoms with Crippen LogP contribution in [0.4, 0.5) is 0 Å². The standard InChI is InChI=1S/C12H21NO2/c1-8(2)11(14)10-6-5-7-13(10)12(15)9(3)4/h8-10H,5-7H2,1-4H3. The molecule has 0 aromatic carbocycles. The molecule has 1 saturated heterocycles. The van der Waals surface area contributed by atoms with Gasteiger partial charge in [-0.3, -0.25) is 9.59 Å². The van der Waals surface area contributed by atoms with Crippen molar-refractivity contribution in [2.75, 3.05) is 6.54 Å². The van der Waals surface area contributed by atoms with Crippen LogP contribution in [0.1, 0.15) is 40.5 Å². The molecule has 0 aliphatic carbocycles. The first-order valence-electron chi connectivity index (χ1n) is 5.79. The fraction of sp³-hybridized carbons (Fsp3) is 0.833. The average molecular weight is 211 g/mol. The Balaban J connectivity index is 2.73. The molecule has 1 unspecified atom stereocenters. The number of amides is 1. The van der Waals surface area contributed by atoms with E-state index < -0.39 is 0 Å². The van der Waals surface area contributed by atoms with Crippen LogP contribution in [0.2, 0.25) is 0 Å². The average Bonchev–Trinajstić information content (AvgIpc) is 2.63. The molecule has 86 valence electrons. The van der Waals surface area contributed by atoms with Crippen molar-refractivity contribution in [3.05, 3.63) is 0 Å². The molecule has 1 heterocycles. The SMILES string of the molecule is CC(C)C(=O)C1CCCN1C(=O)C(C)C. The minimum Gasteiger partial charge on any atom is -0.332 e. The van der Waals surface area contributed by atoms with Crippen LogP contribution in [0.25, 0.3) is 0 Å². The largest absolute Gasteiger partial charge is 0.332 e. The van der Waals surface area contributed by atoms with E-state index in [4.69, 9.17) is 0 Å². The second kappa shape index (κ2) is 4.77. The van der Waals surface area contributed by atoms with Crippen LogP contribution in [0, 0.1) is 11.8 Å². The van der Waals surface area contributed by atoms with E-state index in [1.807, 2.05) is 27.7 Å². The summed E-state index contributed by atoms with van der Waals surface area (Å²) in [6.45, 7) is 8.33. The fourth-order valence-corrected chi connectivity index (χ4v) is 2.04. The summed E-state index contributed by atoms with van der Waals surface area (Å²) < 4.78 is 0. The zero-order chi connectivity index (χ0) is 11.6. The van der Waals surface area contributed by atoms with Gasteiger partial charge in [0.15, 0.2) is 5.78 Å². The summed E-state index contributed by atoms with van der Waals surface area (Å²) in [6.07, 6.45) is 1.80. The molecule has 1 fully saturated rings. The smallest absolute Gasteiger partial charge is 0.225 e. The van der Waals surface area contributed by atoms with Gasteiger partial charge >= 0.3 is 0 Å². The summed E-state index contributed by atoms with van der Waals surface area (Å²) >= 11 is 0. The van der Waals surface area contributed by atoms with Gasteiger partial charge in [-0.25, -0.2) is 0 Å². The van der Waals surface area contributed by atoms with E-state index in [0.29, 0.717) is 0 Å². The van der Waals surface area contributed by atoms with Gasteiger partial charge < -0.3 is 4.90 Å². The monoisotopic (exact) mass is 211 g/mol. The maximum atomic E-state index is 11.9. The fourth-order valence-electron chi connectivity index (χ4n) is 2.04. The Labute approximate surface area is 91.8 Å². The second-order valence-corrected chi connectivity index (χ2v) is 4.90. The number of ketones is 1. The lowest BCUT2D eigenvalue weighted by Crippen LogP contribution is -2.43. The van der Waals surface area contributed by atoms with Crippen molar-refractivity contribution in [2.24, 2.45) is 11.8 Å². The van der Waals surface area contributed by atoms with Gasteiger partial charge in [0.2, 0.25) is 5.91 Å². The molecule has 15 heavy (non-hydrogen) atoms. The van der Waals surface area contributed by atoms with E-state index in [1.54, 1.807) is 4.90 Å². The van der Waals surface area contributed by atoms with Crippen LogP contribution in [0.3, 0.4) is 0 Å². The Bertz CT molecular complexity index is 232. The van der Waals surface area contributed by atoms with Crippen molar-refractivity contribution in [3.63, 3.8) is 0 Å². The van der Waals surface area contributed by atoms with Gasteiger partial charge in [-0.05, 0) is 12.8 Å². The van der Waals surface area contributed by atoms with Crippen molar-refractivity contribution < 1.29 is 9.59 Å². The number of rotatable bonds is 3. The molecular weight excluding hydrogens is 190 g/mol. The molecule has 3 nitrogen and oxygen atoms in total. The van der Waals surface area contributed by atoms with Crippen LogP contribution in [0.5, 0.6) is 0 Å². The molecule has 1 rings (SSSR count). The van der Waals surface area contributed by atoms with E-state index in [1.165, 1.54) is 0 Å². The normalized spacial score (nSPS) is 21.5. The molecule has 1 amide bonds. The van der Waals surface area contributed by atoms with E-state index in [0.717, 1.165) is 19.4 Å². The first-order valence-corrected chi connectivity index (χ1v) is 5.79. The first kappa shape index (κ1) is 12.2. The van der Waals surface area contributed by atoms with Gasteiger partial charge in [0.05, 0.1) is 6.04 Å². The highest BCUT2D eigenvalue weighted by Gasteiger charge is 2.35. The number of hydrogen-bond donors (Lipinski definition) is 0. The number of Topliss-reactive ketones (excluding diaryl/α,β-unsaturated/α-hetero) is 1. The summed E-state index contributed by atoms with van der Waals surface area (Å²) in [6, 6.07) is -0.153. The molecule has 1 aliphatic heterocycles. The minimum atomic E-state index is -0.153. The maximum absolute atomic E-state index is 11.9. The third-order valence-corrected chi connectivity index (χ3v) is 2.93. The predicted octanol–water partition coefficient (Wildman–Crippen LogP) is 1.86. The molecule has 0 spiro atoms. The van der Waals surface area contributed by atoms with E-state index in [9.17, 15) is 9.59 Å². The summed E-state index contributed by atoms with van der Waals surface area (Å²) in [5.74, 6) is 0.342. The van der Waals surface area contributed by atoms with Crippen LogP contribution in [-0.2, 0) is 9.59 Å². The zero-order valence-corrected chi connectivity index (χ0v) is 10.1. The van der Waals surface area contributed by atoms with Crippen molar-refractivity contribution >= 4 is 11.7 Å². The number of carbonyl (C=O) groups is 2. The first-order chi connectivity index (χ1) is 6.95. The zero-order valence-electron chi connectivity index (χ0n) is 10.1. The van der Waals surface area contributed by atoms with Gasteiger partial charge in [-0.2, -0.15) is 0 Å². The molecule has 0 aromatic rings. The molecule has 0 bridgehead atoms. The summed E-state index contributed by atoms with van der Waals surface area (Å²) in [5.41, 5.74) is 0. The summed E-state index contributed by atoms with van der Waals surface area (Å²) in [7, 11) is 0. The number of nitrogens with zero attached hydrogens (tertiary/aromatic N) is 1. The van der Waals surface area contributed by atoms with Crippen molar-refractivity contribution in [3.8, 4) is 0 Å². The van der Waals surface area contributed by atoms with E-state index >= 15 is 0 Å². The molecular formula is C12H21NO2. The Morgan fingerprint density at radius 2 is 1.73 bits per heavy atom. The topological polar surface area (TPSA) is 37.4 Å². The van der Waals surface area contributed by atoms with Crippen LogP contribution >= 0.6 is 0 Å². The predicted molar refractivity (Wildman–Crippen MR) is 59.4 cm³/mol. The Morgan fingerprint density at radius 1 is 1.13 bits per heavy atom. The molecule has 0 N–H and O–H groups in total. The number of carbonyl (C=O) groups excluding carboxylic acids is 2. The van der Waals surface area contributed by atoms with Crippen LogP contribution in [-0.4, -0.2) is 29.2 Å². The van der Waals surface area contributed by atoms with Crippen molar-refractivity contribution in [1.82, 2.24) is 4.90 Å². The quantitative estimate of drug-likeness (QED) is 0.714. The molecule has 1 aliphatic rings. The molecule has 0 radical (unpaired) electrons. The van der Waals surface area contributed by atoms with Gasteiger partial charge in [0, 0.05) is 18.4 Å². The molecule has 1 atom stereocenters. The van der Waals surface area contributed by atoms with E-state index in [2.05, 4.69) is 0 Å². The van der Waals surface area contributed by atoms with Crippen molar-refractivity contribution in [2.45, 2.75) is 46.6 Å². The summed E-state index contributed by atoms with van der Waals surface area (Å²) in [5, 5.41) is 0. The third kappa shape index (κ3) is 2.58. The third-order valence-electron chi connectivity index (χ3n) is 2.93. The minimum absolute atomic E-state index is 0.00874. The summed E-state index contributed by atoms with van der Waals surface area (Å²) in [4.78, 5) is 25.5. The molecule has 0 aromatic heterocycles. The highest BCUT2D eigenvalue weighted by Crippen LogP contribution is 2.22. The van der Waals surface area contributed by atoms with Crippen LogP contribution in [0.15, 0.2) is 0 Å². The molecule has 3 heteroatoms. The van der Waals surface area contributed by atoms with Gasteiger partial charge in [-0.15, -0.1) is 0 Å². The maximum Gasteiger partial charge on any atom is 0.225 e. The Hall–Kier alpha value is -0.860.